The summed E-state index contributed by atoms with van der Waals surface area (Å²) in [6.45, 7) is 11.0. The van der Waals surface area contributed by atoms with E-state index < -0.39 is 0 Å². The minimum absolute atomic E-state index is 0.0277. The van der Waals surface area contributed by atoms with Gasteiger partial charge in [0.05, 0.1) is 17.6 Å². The maximum atomic E-state index is 13.3. The van der Waals surface area contributed by atoms with Crippen molar-refractivity contribution in [3.8, 4) is 0 Å². The minimum Gasteiger partial charge on any atom is -0.361 e. The van der Waals surface area contributed by atoms with Crippen LogP contribution in [-0.2, 0) is 11.2 Å². The summed E-state index contributed by atoms with van der Waals surface area (Å²) in [4.78, 5) is 37.4. The Bertz CT molecular complexity index is 1370. The van der Waals surface area contributed by atoms with E-state index in [0.29, 0.717) is 49.6 Å². The molecule has 2 aromatic heterocycles. The van der Waals surface area contributed by atoms with Crippen molar-refractivity contribution < 1.29 is 18.5 Å². The first-order chi connectivity index (χ1) is 18.5. The highest BCUT2D eigenvalue weighted by Gasteiger charge is 2.31. The second-order valence-corrected chi connectivity index (χ2v) is 10.3. The number of aromatic nitrogens is 3. The molecule has 3 aromatic rings. The van der Waals surface area contributed by atoms with Crippen LogP contribution in [0.2, 0.25) is 0 Å². The Kier molecular flexibility index (Phi) is 8.42. The van der Waals surface area contributed by atoms with Crippen LogP contribution in [-0.4, -0.2) is 68.1 Å². The lowest BCUT2D eigenvalue weighted by Crippen LogP contribution is -2.55. The molecule has 3 heterocycles. The summed E-state index contributed by atoms with van der Waals surface area (Å²) >= 11 is 0. The number of hydrogen-bond donors (Lipinski definition) is 2. The van der Waals surface area contributed by atoms with Crippen molar-refractivity contribution in [1.82, 2.24) is 24.9 Å². The Morgan fingerprint density at radius 2 is 1.95 bits per heavy atom. The highest BCUT2D eigenvalue weighted by Crippen LogP contribution is 2.23. The highest BCUT2D eigenvalue weighted by atomic mass is 19.1. The number of piperazine rings is 1. The molecular weight excluding hydrogens is 499 g/mol. The molecule has 1 atom stereocenters. The molecule has 39 heavy (non-hydrogen) atoms. The van der Waals surface area contributed by atoms with Gasteiger partial charge in [0.15, 0.2) is 0 Å². The van der Waals surface area contributed by atoms with Gasteiger partial charge in [0.2, 0.25) is 5.91 Å². The van der Waals surface area contributed by atoms with Gasteiger partial charge in [-0.3, -0.25) is 9.59 Å². The number of halogens is 1. The van der Waals surface area contributed by atoms with Crippen LogP contribution in [0.25, 0.3) is 5.57 Å². The van der Waals surface area contributed by atoms with Crippen LogP contribution in [0.3, 0.4) is 0 Å². The largest absolute Gasteiger partial charge is 0.361 e. The van der Waals surface area contributed by atoms with Crippen molar-refractivity contribution in [2.75, 3.05) is 19.6 Å². The van der Waals surface area contributed by atoms with E-state index in [2.05, 4.69) is 15.1 Å². The summed E-state index contributed by atoms with van der Waals surface area (Å²) in [5.41, 5.74) is 3.73. The maximum absolute atomic E-state index is 13.3. The molecule has 2 N–H and O–H groups in total. The van der Waals surface area contributed by atoms with E-state index in [1.54, 1.807) is 23.1 Å². The lowest BCUT2D eigenvalue weighted by Gasteiger charge is -2.39. The molecule has 0 bridgehead atoms. The molecule has 1 aromatic carbocycles. The second-order valence-electron chi connectivity index (χ2n) is 10.3. The SMILES string of the molecule is Cc1noc(C)c1CCC(=O)N1CCN(C(=O)c2cnc(/C(=C\C(=N)c3ccc(F)cc3)C(C)C)[nH]2)C[C@@H]1C. The fraction of sp³-hybridized carbons (Fsp3) is 0.414. The molecule has 206 valence electrons. The molecule has 4 rings (SSSR count). The quantitative estimate of drug-likeness (QED) is 0.411. The number of nitrogens with one attached hydrogen (secondary N) is 2. The molecule has 1 fully saturated rings. The first kappa shape index (κ1) is 27.9. The van der Waals surface area contributed by atoms with Crippen LogP contribution in [0.4, 0.5) is 4.39 Å². The predicted molar refractivity (Wildman–Crippen MR) is 146 cm³/mol. The van der Waals surface area contributed by atoms with Gasteiger partial charge in [-0.05, 0) is 74.6 Å². The molecule has 1 aliphatic rings. The number of allylic oxidation sites excluding steroid dienone is 2. The van der Waals surface area contributed by atoms with E-state index in [0.717, 1.165) is 22.6 Å². The fourth-order valence-corrected chi connectivity index (χ4v) is 4.87. The lowest BCUT2D eigenvalue weighted by atomic mass is 9.98. The number of benzene rings is 1. The summed E-state index contributed by atoms with van der Waals surface area (Å²) in [7, 11) is 0. The predicted octanol–water partition coefficient (Wildman–Crippen LogP) is 4.57. The van der Waals surface area contributed by atoms with E-state index in [-0.39, 0.29) is 35.3 Å². The third-order valence-electron chi connectivity index (χ3n) is 7.16. The lowest BCUT2D eigenvalue weighted by molar-refractivity contribution is -0.135. The molecule has 0 aliphatic carbocycles. The smallest absolute Gasteiger partial charge is 0.272 e. The molecule has 0 spiro atoms. The molecule has 0 radical (unpaired) electrons. The third kappa shape index (κ3) is 6.32. The number of carbonyl (C=O) groups is 2. The van der Waals surface area contributed by atoms with Crippen LogP contribution in [0.1, 0.15) is 66.1 Å². The van der Waals surface area contributed by atoms with Crippen LogP contribution >= 0.6 is 0 Å². The monoisotopic (exact) mass is 534 g/mol. The molecule has 1 aliphatic heterocycles. The molecule has 1 saturated heterocycles. The van der Waals surface area contributed by atoms with Crippen molar-refractivity contribution in [3.05, 3.63) is 76.5 Å². The Morgan fingerprint density at radius 3 is 2.56 bits per heavy atom. The van der Waals surface area contributed by atoms with Gasteiger partial charge in [0.25, 0.3) is 5.91 Å². The molecule has 10 heteroatoms. The van der Waals surface area contributed by atoms with Gasteiger partial charge >= 0.3 is 0 Å². The first-order valence-corrected chi connectivity index (χ1v) is 13.2. The topological polar surface area (TPSA) is 119 Å². The number of imidazole rings is 1. The van der Waals surface area contributed by atoms with Crippen LogP contribution in [0, 0.1) is 31.0 Å². The molecule has 0 saturated carbocycles. The van der Waals surface area contributed by atoms with E-state index in [1.165, 1.54) is 18.3 Å². The summed E-state index contributed by atoms with van der Waals surface area (Å²) < 4.78 is 18.5. The number of nitrogens with zero attached hydrogens (tertiary/aromatic N) is 4. The van der Waals surface area contributed by atoms with Gasteiger partial charge in [-0.15, -0.1) is 0 Å². The number of aryl methyl sites for hydroxylation is 2. The summed E-state index contributed by atoms with van der Waals surface area (Å²) in [5, 5.41) is 12.4. The Labute approximate surface area is 227 Å². The maximum Gasteiger partial charge on any atom is 0.272 e. The number of amides is 2. The zero-order valence-corrected chi connectivity index (χ0v) is 23.0. The minimum atomic E-state index is -0.356. The Balaban J connectivity index is 1.39. The highest BCUT2D eigenvalue weighted by molar-refractivity contribution is 6.10. The first-order valence-electron chi connectivity index (χ1n) is 13.2. The van der Waals surface area contributed by atoms with Gasteiger partial charge in [-0.25, -0.2) is 9.37 Å². The molecule has 0 unspecified atom stereocenters. The number of aromatic amines is 1. The van der Waals surface area contributed by atoms with Gasteiger partial charge < -0.3 is 24.7 Å². The molecule has 9 nitrogen and oxygen atoms in total. The fourth-order valence-electron chi connectivity index (χ4n) is 4.87. The summed E-state index contributed by atoms with van der Waals surface area (Å²) in [6, 6.07) is 5.65. The van der Waals surface area contributed by atoms with Gasteiger partial charge in [0.1, 0.15) is 23.1 Å². The van der Waals surface area contributed by atoms with Gasteiger partial charge in [-0.2, -0.15) is 0 Å². The summed E-state index contributed by atoms with van der Waals surface area (Å²) in [6.07, 6.45) is 4.15. The summed E-state index contributed by atoms with van der Waals surface area (Å²) in [5.74, 6) is 0.797. The number of hydrogen-bond acceptors (Lipinski definition) is 6. The van der Waals surface area contributed by atoms with Crippen LogP contribution in [0.15, 0.2) is 41.1 Å². The van der Waals surface area contributed by atoms with E-state index in [1.807, 2.05) is 39.5 Å². The van der Waals surface area contributed by atoms with Crippen molar-refractivity contribution in [1.29, 1.82) is 5.41 Å². The molecule has 2 amide bonds. The molecular formula is C29H35FN6O3. The standard InChI is InChI=1S/C29H35FN6O3/c1-17(2)24(14-25(31)21-6-8-22(30)9-7-21)28-32-15-26(33-28)29(38)35-12-13-36(18(3)16-35)27(37)11-10-23-19(4)34-39-20(23)5/h6-9,14-15,17-18,31H,10-13,16H2,1-5H3,(H,32,33)/b24-14-,31-25?/t18-/m0/s1. The van der Waals surface area contributed by atoms with Gasteiger partial charge in [-0.1, -0.05) is 19.0 Å². The van der Waals surface area contributed by atoms with Crippen molar-refractivity contribution in [2.24, 2.45) is 5.92 Å². The number of carbonyl (C=O) groups excluding carboxylic acids is 2. The van der Waals surface area contributed by atoms with E-state index >= 15 is 0 Å². The van der Waals surface area contributed by atoms with E-state index in [4.69, 9.17) is 9.93 Å². The second kappa shape index (κ2) is 11.8. The van der Waals surface area contributed by atoms with Crippen molar-refractivity contribution in [3.63, 3.8) is 0 Å². The van der Waals surface area contributed by atoms with Gasteiger partial charge in [0, 0.05) is 37.7 Å². The van der Waals surface area contributed by atoms with E-state index in [9.17, 15) is 14.0 Å². The average Bonchev–Trinajstić information content (AvgIpc) is 3.51. The Morgan fingerprint density at radius 1 is 1.23 bits per heavy atom. The number of H-pyrrole nitrogens is 1. The number of rotatable bonds is 8. The van der Waals surface area contributed by atoms with Crippen molar-refractivity contribution >= 4 is 23.1 Å². The van der Waals surface area contributed by atoms with Crippen LogP contribution in [0.5, 0.6) is 0 Å². The average molecular weight is 535 g/mol. The zero-order valence-electron chi connectivity index (χ0n) is 23.0. The van der Waals surface area contributed by atoms with Crippen molar-refractivity contribution in [2.45, 2.75) is 53.5 Å². The zero-order chi connectivity index (χ0) is 28.3. The normalized spacial score (nSPS) is 16.2. The van der Waals surface area contributed by atoms with Crippen LogP contribution < -0.4 is 0 Å². The third-order valence-corrected chi connectivity index (χ3v) is 7.16. The Hall–Kier alpha value is -4.08.